The van der Waals surface area contributed by atoms with Gasteiger partial charge in [-0.3, -0.25) is 4.79 Å². The molecule has 1 aromatic carbocycles. The molecular formula is C16H15F4N3O2. The highest BCUT2D eigenvalue weighted by molar-refractivity contribution is 5.79. The number of rotatable bonds is 3. The van der Waals surface area contributed by atoms with Crippen LogP contribution in [0.1, 0.15) is 31.2 Å². The number of piperidine rings is 1. The van der Waals surface area contributed by atoms with Crippen molar-refractivity contribution in [2.75, 3.05) is 6.54 Å². The zero-order chi connectivity index (χ0) is 18.2. The maximum Gasteiger partial charge on any atom is 0.471 e. The summed E-state index contributed by atoms with van der Waals surface area (Å²) in [4.78, 5) is 16.9. The summed E-state index contributed by atoms with van der Waals surface area (Å²) in [6, 6.07) is 3.99. The van der Waals surface area contributed by atoms with Crippen molar-refractivity contribution in [2.24, 2.45) is 5.92 Å². The zero-order valence-electron chi connectivity index (χ0n) is 13.3. The van der Waals surface area contributed by atoms with E-state index in [1.807, 2.05) is 6.92 Å². The first-order valence-electron chi connectivity index (χ1n) is 7.74. The number of carbonyl (C=O) groups excluding carboxylic acids is 1. The molecule has 1 saturated heterocycles. The predicted molar refractivity (Wildman–Crippen MR) is 78.5 cm³/mol. The second kappa shape index (κ2) is 6.45. The molecule has 1 aliphatic rings. The summed E-state index contributed by atoms with van der Waals surface area (Å²) < 4.78 is 55.8. The molecular weight excluding hydrogens is 342 g/mol. The quantitative estimate of drug-likeness (QED) is 0.787. The fraction of sp³-hybridized carbons (Fsp3) is 0.438. The Labute approximate surface area is 140 Å². The van der Waals surface area contributed by atoms with Gasteiger partial charge in [0.25, 0.3) is 0 Å². The molecule has 25 heavy (non-hydrogen) atoms. The molecule has 1 amide bonds. The topological polar surface area (TPSA) is 59.2 Å². The lowest BCUT2D eigenvalue weighted by Gasteiger charge is -2.30. The van der Waals surface area contributed by atoms with Gasteiger partial charge in [-0.25, -0.2) is 4.39 Å². The van der Waals surface area contributed by atoms with Crippen LogP contribution in [0.25, 0.3) is 11.4 Å². The molecule has 1 atom stereocenters. The van der Waals surface area contributed by atoms with Crippen LogP contribution in [0, 0.1) is 11.7 Å². The van der Waals surface area contributed by atoms with Crippen LogP contribution < -0.4 is 0 Å². The van der Waals surface area contributed by atoms with Crippen LogP contribution in [-0.2, 0) is 17.5 Å². The Kier molecular flexibility index (Phi) is 4.49. The lowest BCUT2D eigenvalue weighted by atomic mass is 9.98. The smallest absolute Gasteiger partial charge is 0.338 e. The van der Waals surface area contributed by atoms with Crippen molar-refractivity contribution in [1.82, 2.24) is 15.0 Å². The first-order chi connectivity index (χ1) is 11.8. The number of aromatic nitrogens is 2. The minimum atomic E-state index is -4.78. The van der Waals surface area contributed by atoms with Crippen molar-refractivity contribution in [3.05, 3.63) is 35.5 Å². The molecule has 0 N–H and O–H groups in total. The monoisotopic (exact) mass is 357 g/mol. The lowest BCUT2D eigenvalue weighted by Crippen LogP contribution is -2.39. The SMILES string of the molecule is CC1CCCN(Cc2ccc(-c3noc(C(F)(F)F)n3)c(F)c2)C1=O. The van der Waals surface area contributed by atoms with Crippen molar-refractivity contribution in [3.8, 4) is 11.4 Å². The summed E-state index contributed by atoms with van der Waals surface area (Å²) in [6.45, 7) is 2.71. The van der Waals surface area contributed by atoms with Crippen LogP contribution >= 0.6 is 0 Å². The van der Waals surface area contributed by atoms with Gasteiger partial charge < -0.3 is 9.42 Å². The van der Waals surface area contributed by atoms with E-state index in [9.17, 15) is 22.4 Å². The molecule has 0 saturated carbocycles. The molecule has 0 spiro atoms. The highest BCUT2D eigenvalue weighted by atomic mass is 19.4. The van der Waals surface area contributed by atoms with E-state index < -0.39 is 23.7 Å². The molecule has 9 heteroatoms. The Bertz CT molecular complexity index is 788. The van der Waals surface area contributed by atoms with Crippen LogP contribution in [0.5, 0.6) is 0 Å². The third-order valence-corrected chi connectivity index (χ3v) is 4.11. The molecule has 1 fully saturated rings. The van der Waals surface area contributed by atoms with Gasteiger partial charge >= 0.3 is 12.1 Å². The normalized spacial score (nSPS) is 18.7. The third kappa shape index (κ3) is 3.64. The van der Waals surface area contributed by atoms with E-state index in [1.54, 1.807) is 4.90 Å². The van der Waals surface area contributed by atoms with Gasteiger partial charge in [0.1, 0.15) is 5.82 Å². The Morgan fingerprint density at radius 2 is 2.12 bits per heavy atom. The molecule has 0 bridgehead atoms. The first kappa shape index (κ1) is 17.4. The van der Waals surface area contributed by atoms with Gasteiger partial charge in [0.15, 0.2) is 0 Å². The van der Waals surface area contributed by atoms with Gasteiger partial charge in [0, 0.05) is 19.0 Å². The number of hydrogen-bond donors (Lipinski definition) is 0. The van der Waals surface area contributed by atoms with Crippen LogP contribution in [-0.4, -0.2) is 27.5 Å². The maximum absolute atomic E-state index is 14.3. The number of nitrogens with zero attached hydrogens (tertiary/aromatic N) is 3. The van der Waals surface area contributed by atoms with Gasteiger partial charge in [-0.05, 0) is 30.5 Å². The van der Waals surface area contributed by atoms with E-state index in [1.165, 1.54) is 18.2 Å². The molecule has 0 aliphatic carbocycles. The van der Waals surface area contributed by atoms with Crippen molar-refractivity contribution in [1.29, 1.82) is 0 Å². The minimum absolute atomic E-state index is 0.0173. The Balaban J connectivity index is 1.79. The number of benzene rings is 1. The van der Waals surface area contributed by atoms with Gasteiger partial charge in [-0.2, -0.15) is 18.2 Å². The summed E-state index contributed by atoms with van der Waals surface area (Å²) in [7, 11) is 0. The molecule has 1 aliphatic heterocycles. The van der Waals surface area contributed by atoms with E-state index in [0.29, 0.717) is 12.1 Å². The lowest BCUT2D eigenvalue weighted by molar-refractivity contribution is -0.159. The summed E-state index contributed by atoms with van der Waals surface area (Å²) in [5, 5.41) is 3.17. The van der Waals surface area contributed by atoms with Crippen LogP contribution in [0.15, 0.2) is 22.7 Å². The van der Waals surface area contributed by atoms with Gasteiger partial charge in [-0.1, -0.05) is 18.1 Å². The average Bonchev–Trinajstić information content (AvgIpc) is 3.02. The molecule has 1 aromatic heterocycles. The number of alkyl halides is 3. The number of amides is 1. The number of likely N-dealkylation sites (tertiary alicyclic amines) is 1. The predicted octanol–water partition coefficient (Wildman–Crippen LogP) is 3.65. The van der Waals surface area contributed by atoms with E-state index in [-0.39, 0.29) is 23.9 Å². The van der Waals surface area contributed by atoms with Crippen molar-refractivity contribution < 1.29 is 26.9 Å². The Hall–Kier alpha value is -2.45. The standard InChI is InChI=1S/C16H15F4N3O2/c1-9-3-2-6-23(14(9)24)8-10-4-5-11(12(17)7-10)13-21-15(25-22-13)16(18,19)20/h4-5,7,9H,2-3,6,8H2,1H3. The second-order valence-electron chi connectivity index (χ2n) is 6.04. The fourth-order valence-electron chi connectivity index (χ4n) is 2.80. The van der Waals surface area contributed by atoms with Crippen LogP contribution in [0.2, 0.25) is 0 Å². The summed E-state index contributed by atoms with van der Waals surface area (Å²) >= 11 is 0. The minimum Gasteiger partial charge on any atom is -0.338 e. The summed E-state index contributed by atoms with van der Waals surface area (Å²) in [6.07, 6.45) is -3.06. The number of hydrogen-bond acceptors (Lipinski definition) is 4. The average molecular weight is 357 g/mol. The van der Waals surface area contributed by atoms with E-state index >= 15 is 0 Å². The van der Waals surface area contributed by atoms with Crippen molar-refractivity contribution in [3.63, 3.8) is 0 Å². The van der Waals surface area contributed by atoms with Crippen molar-refractivity contribution >= 4 is 5.91 Å². The highest BCUT2D eigenvalue weighted by Crippen LogP contribution is 2.30. The molecule has 134 valence electrons. The highest BCUT2D eigenvalue weighted by Gasteiger charge is 2.38. The first-order valence-corrected chi connectivity index (χ1v) is 7.74. The number of carbonyl (C=O) groups is 1. The zero-order valence-corrected chi connectivity index (χ0v) is 13.3. The van der Waals surface area contributed by atoms with E-state index in [2.05, 4.69) is 14.7 Å². The molecule has 2 heterocycles. The second-order valence-corrected chi connectivity index (χ2v) is 6.04. The maximum atomic E-state index is 14.3. The molecule has 3 rings (SSSR count). The van der Waals surface area contributed by atoms with Crippen molar-refractivity contribution in [2.45, 2.75) is 32.5 Å². The fourth-order valence-corrected chi connectivity index (χ4v) is 2.80. The van der Waals surface area contributed by atoms with Crippen LogP contribution in [0.4, 0.5) is 17.6 Å². The number of halogens is 4. The Morgan fingerprint density at radius 3 is 2.76 bits per heavy atom. The molecule has 5 nitrogen and oxygen atoms in total. The van der Waals surface area contributed by atoms with Gasteiger partial charge in [-0.15, -0.1) is 0 Å². The van der Waals surface area contributed by atoms with Crippen LogP contribution in [0.3, 0.4) is 0 Å². The van der Waals surface area contributed by atoms with Gasteiger partial charge in [0.05, 0.1) is 5.56 Å². The van der Waals surface area contributed by atoms with E-state index in [0.717, 1.165) is 12.8 Å². The largest absolute Gasteiger partial charge is 0.471 e. The Morgan fingerprint density at radius 1 is 1.36 bits per heavy atom. The summed E-state index contributed by atoms with van der Waals surface area (Å²) in [5.74, 6) is -2.82. The van der Waals surface area contributed by atoms with Gasteiger partial charge in [0.2, 0.25) is 11.7 Å². The molecule has 0 radical (unpaired) electrons. The van der Waals surface area contributed by atoms with E-state index in [4.69, 9.17) is 0 Å². The summed E-state index contributed by atoms with van der Waals surface area (Å²) in [5.41, 5.74) is 0.351. The third-order valence-electron chi connectivity index (χ3n) is 4.11. The molecule has 1 unspecified atom stereocenters. The molecule has 2 aromatic rings.